The van der Waals surface area contributed by atoms with Gasteiger partial charge < -0.3 is 15.3 Å². The molecule has 0 aliphatic carbocycles. The lowest BCUT2D eigenvalue weighted by molar-refractivity contribution is -0.121. The number of hydrogen-bond acceptors (Lipinski definition) is 3. The highest BCUT2D eigenvalue weighted by Gasteiger charge is 2.35. The molecule has 0 fully saturated rings. The van der Waals surface area contributed by atoms with Crippen LogP contribution < -0.4 is 0 Å². The topological polar surface area (TPSA) is 53.3 Å². The van der Waals surface area contributed by atoms with Crippen molar-refractivity contribution in [2.24, 2.45) is 0 Å². The van der Waals surface area contributed by atoms with E-state index in [1.807, 2.05) is 0 Å². The third kappa shape index (κ3) is 5.77. The van der Waals surface area contributed by atoms with E-state index in [9.17, 15) is 26.3 Å². The zero-order valence-electron chi connectivity index (χ0n) is 9.86. The summed E-state index contributed by atoms with van der Waals surface area (Å²) >= 11 is 0. The number of allylic oxidation sites excluding steroid dienone is 2. The Labute approximate surface area is 104 Å². The van der Waals surface area contributed by atoms with Gasteiger partial charge in [0.15, 0.2) is 5.76 Å². The molecule has 0 rings (SSSR count). The molecule has 0 aromatic carbocycles. The van der Waals surface area contributed by atoms with Gasteiger partial charge in [-0.15, -0.1) is 0 Å². The van der Waals surface area contributed by atoms with Gasteiger partial charge >= 0.3 is 12.4 Å². The van der Waals surface area contributed by atoms with Crippen molar-refractivity contribution in [2.45, 2.75) is 25.4 Å². The summed E-state index contributed by atoms with van der Waals surface area (Å²) in [6.07, 6.45) is -11.0. The molecule has 0 bridgehead atoms. The summed E-state index contributed by atoms with van der Waals surface area (Å²) in [5.74, 6) is -2.04. The molecule has 1 unspecified atom stereocenters. The molecule has 0 aliphatic rings. The van der Waals surface area contributed by atoms with Gasteiger partial charge in [0.1, 0.15) is 6.10 Å². The van der Waals surface area contributed by atoms with Gasteiger partial charge in [-0.25, -0.2) is 0 Å². The zero-order valence-corrected chi connectivity index (χ0v) is 9.86. The van der Waals surface area contributed by atoms with E-state index in [1.54, 1.807) is 0 Å². The minimum Gasteiger partial charge on any atom is -0.504 e. The summed E-state index contributed by atoms with van der Waals surface area (Å²) in [5.41, 5.74) is -2.03. The molecule has 0 amide bonds. The third-order valence-electron chi connectivity index (χ3n) is 1.98. The maximum atomic E-state index is 12.2. The number of halogens is 6. The van der Waals surface area contributed by atoms with Crippen molar-refractivity contribution >= 4 is 5.71 Å². The summed E-state index contributed by atoms with van der Waals surface area (Å²) in [5, 5.41) is 15.9. The van der Waals surface area contributed by atoms with E-state index in [0.29, 0.717) is 13.0 Å². The molecule has 1 atom stereocenters. The van der Waals surface area contributed by atoms with Crippen molar-refractivity contribution in [2.75, 3.05) is 7.11 Å². The highest BCUT2D eigenvalue weighted by atomic mass is 19.4. The lowest BCUT2D eigenvalue weighted by atomic mass is 10.1. The van der Waals surface area contributed by atoms with Gasteiger partial charge in [-0.2, -0.15) is 26.3 Å². The Kier molecular flexibility index (Phi) is 5.61. The molecule has 0 radical (unpaired) electrons. The first-order valence-corrected chi connectivity index (χ1v) is 4.74. The van der Waals surface area contributed by atoms with Crippen LogP contribution in [-0.2, 0) is 4.74 Å². The van der Waals surface area contributed by atoms with Crippen LogP contribution in [0.3, 0.4) is 0 Å². The largest absolute Gasteiger partial charge is 0.504 e. The summed E-state index contributed by atoms with van der Waals surface area (Å²) in [6.45, 7) is 0.661. The molecule has 3 nitrogen and oxygen atoms in total. The number of aliphatic hydroxyl groups excluding tert-OH is 1. The predicted molar refractivity (Wildman–Crippen MR) is 55.1 cm³/mol. The van der Waals surface area contributed by atoms with Gasteiger partial charge in [0.2, 0.25) is 0 Å². The monoisotopic (exact) mass is 291 g/mol. The van der Waals surface area contributed by atoms with E-state index >= 15 is 0 Å². The van der Waals surface area contributed by atoms with Crippen LogP contribution in [0.4, 0.5) is 26.3 Å². The van der Waals surface area contributed by atoms with Crippen LogP contribution in [-0.4, -0.2) is 36.4 Å². The molecule has 2 N–H and O–H groups in total. The maximum absolute atomic E-state index is 12.2. The third-order valence-corrected chi connectivity index (χ3v) is 1.98. The van der Waals surface area contributed by atoms with E-state index < -0.39 is 35.5 Å². The van der Waals surface area contributed by atoms with Crippen molar-refractivity contribution in [3.63, 3.8) is 0 Å². The molecule has 0 aromatic heterocycles. The normalized spacial score (nSPS) is 16.4. The molecular weight excluding hydrogens is 280 g/mol. The highest BCUT2D eigenvalue weighted by molar-refractivity contribution is 5.98. The maximum Gasteiger partial charge on any atom is 0.448 e. The number of hydrogen-bond donors (Lipinski definition) is 2. The molecule has 19 heavy (non-hydrogen) atoms. The van der Waals surface area contributed by atoms with Crippen LogP contribution in [0.2, 0.25) is 0 Å². The second kappa shape index (κ2) is 6.09. The molecule has 9 heteroatoms. The number of rotatable bonds is 4. The summed E-state index contributed by atoms with van der Waals surface area (Å²) < 4.78 is 77.0. The van der Waals surface area contributed by atoms with E-state index in [-0.39, 0.29) is 6.08 Å². The zero-order chi connectivity index (χ0) is 15.4. The minimum absolute atomic E-state index is 0.114. The average molecular weight is 291 g/mol. The first-order chi connectivity index (χ1) is 8.39. The standard InChI is InChI=1S/C10H11F6NO2/c1-5(9(11,12)13)3-6(17)7(19-2)4-8(18)10(14,15)16/h3-4,7,17-18H,1-2H3/b5-3+,8-4-,17-6?. The van der Waals surface area contributed by atoms with Crippen molar-refractivity contribution in [3.8, 4) is 0 Å². The minimum atomic E-state index is -5.06. The number of methoxy groups -OCH3 is 1. The number of nitrogens with one attached hydrogen (secondary N) is 1. The fourth-order valence-corrected chi connectivity index (χ4v) is 0.920. The van der Waals surface area contributed by atoms with Crippen LogP contribution >= 0.6 is 0 Å². The Morgan fingerprint density at radius 3 is 1.95 bits per heavy atom. The van der Waals surface area contributed by atoms with Gasteiger partial charge in [0.25, 0.3) is 0 Å². The summed E-state index contributed by atoms with van der Waals surface area (Å²) in [7, 11) is 0.899. The van der Waals surface area contributed by atoms with E-state index in [1.165, 1.54) is 0 Å². The highest BCUT2D eigenvalue weighted by Crippen LogP contribution is 2.26. The first kappa shape index (κ1) is 17.5. The molecule has 0 aliphatic heterocycles. The lowest BCUT2D eigenvalue weighted by Crippen LogP contribution is -2.23. The molecular formula is C10H11F6NO2. The fourth-order valence-electron chi connectivity index (χ4n) is 0.920. The van der Waals surface area contributed by atoms with Crippen LogP contribution in [0.15, 0.2) is 23.5 Å². The Balaban J connectivity index is 5.16. The van der Waals surface area contributed by atoms with Crippen LogP contribution in [0.1, 0.15) is 6.92 Å². The SMILES string of the molecule is COC(/C=C(\O)C(F)(F)F)C(=N)/C=C(\C)C(F)(F)F. The van der Waals surface area contributed by atoms with E-state index in [2.05, 4.69) is 4.74 Å². The molecule has 0 spiro atoms. The van der Waals surface area contributed by atoms with Crippen molar-refractivity contribution in [1.29, 1.82) is 5.41 Å². The summed E-state index contributed by atoms with van der Waals surface area (Å²) in [6, 6.07) is 0. The molecule has 0 saturated heterocycles. The van der Waals surface area contributed by atoms with E-state index in [0.717, 1.165) is 7.11 Å². The van der Waals surface area contributed by atoms with Crippen LogP contribution in [0.5, 0.6) is 0 Å². The van der Waals surface area contributed by atoms with Gasteiger partial charge in [0, 0.05) is 12.7 Å². The Morgan fingerprint density at radius 2 is 1.63 bits per heavy atom. The second-order valence-electron chi connectivity index (χ2n) is 3.49. The van der Waals surface area contributed by atoms with Crippen LogP contribution in [0, 0.1) is 5.41 Å². The fraction of sp³-hybridized carbons (Fsp3) is 0.500. The molecule has 0 saturated carbocycles. The summed E-state index contributed by atoms with van der Waals surface area (Å²) in [4.78, 5) is 0. The van der Waals surface area contributed by atoms with Crippen molar-refractivity contribution in [1.82, 2.24) is 0 Å². The number of ether oxygens (including phenoxy) is 1. The van der Waals surface area contributed by atoms with Gasteiger partial charge in [-0.3, -0.25) is 0 Å². The van der Waals surface area contributed by atoms with Crippen LogP contribution in [0.25, 0.3) is 0 Å². The number of aliphatic hydroxyl groups is 1. The van der Waals surface area contributed by atoms with Gasteiger partial charge in [-0.05, 0) is 19.1 Å². The molecule has 110 valence electrons. The molecule has 0 heterocycles. The Morgan fingerprint density at radius 1 is 1.16 bits per heavy atom. The quantitative estimate of drug-likeness (QED) is 0.473. The first-order valence-electron chi connectivity index (χ1n) is 4.74. The van der Waals surface area contributed by atoms with Crippen molar-refractivity contribution in [3.05, 3.63) is 23.5 Å². The van der Waals surface area contributed by atoms with Gasteiger partial charge in [0.05, 0.1) is 5.71 Å². The smallest absolute Gasteiger partial charge is 0.448 e. The lowest BCUT2D eigenvalue weighted by Gasteiger charge is -2.14. The Hall–Kier alpha value is -1.51. The van der Waals surface area contributed by atoms with E-state index in [4.69, 9.17) is 10.5 Å². The Bertz CT molecular complexity index is 394. The van der Waals surface area contributed by atoms with Crippen molar-refractivity contribution < 1.29 is 36.2 Å². The predicted octanol–water partition coefficient (Wildman–Crippen LogP) is 3.53. The average Bonchev–Trinajstić information content (AvgIpc) is 2.22. The number of alkyl halides is 6. The second-order valence-corrected chi connectivity index (χ2v) is 3.49. The molecule has 0 aromatic rings. The van der Waals surface area contributed by atoms with Gasteiger partial charge in [-0.1, -0.05) is 0 Å².